The number of rotatable bonds is 4. The van der Waals surface area contributed by atoms with E-state index in [-0.39, 0.29) is 22.8 Å². The molecule has 0 aliphatic rings. The molecular weight excluding hydrogens is 255 g/mol. The van der Waals surface area contributed by atoms with Crippen molar-refractivity contribution in [3.8, 4) is 0 Å². The highest BCUT2D eigenvalue weighted by Gasteiger charge is 2.16. The van der Waals surface area contributed by atoms with Crippen LogP contribution in [0.15, 0.2) is 30.6 Å². The van der Waals surface area contributed by atoms with Gasteiger partial charge in [-0.2, -0.15) is 5.10 Å². The zero-order valence-corrected chi connectivity index (χ0v) is 10.6. The molecular formula is C13H12ClFN2O. The minimum atomic E-state index is -0.588. The Kier molecular flexibility index (Phi) is 3.77. The summed E-state index contributed by atoms with van der Waals surface area (Å²) in [5.74, 6) is -0.927. The molecule has 5 heteroatoms. The van der Waals surface area contributed by atoms with E-state index in [4.69, 9.17) is 11.6 Å². The normalized spacial score (nSPS) is 10.6. The minimum Gasteiger partial charge on any atom is -0.294 e. The molecule has 0 unspecified atom stereocenters. The molecule has 0 aliphatic carbocycles. The molecule has 0 radical (unpaired) electrons. The van der Waals surface area contributed by atoms with E-state index in [0.29, 0.717) is 0 Å². The van der Waals surface area contributed by atoms with Gasteiger partial charge < -0.3 is 0 Å². The molecule has 0 aliphatic heterocycles. The first-order chi connectivity index (χ1) is 8.61. The topological polar surface area (TPSA) is 34.9 Å². The highest BCUT2D eigenvalue weighted by Crippen LogP contribution is 2.20. The molecule has 1 aromatic heterocycles. The van der Waals surface area contributed by atoms with Crippen LogP contribution in [0.25, 0.3) is 0 Å². The van der Waals surface area contributed by atoms with Gasteiger partial charge in [-0.1, -0.05) is 17.7 Å². The van der Waals surface area contributed by atoms with Gasteiger partial charge in [-0.15, -0.1) is 0 Å². The lowest BCUT2D eigenvalue weighted by Crippen LogP contribution is -2.06. The largest absolute Gasteiger partial charge is 0.294 e. The molecule has 2 rings (SSSR count). The van der Waals surface area contributed by atoms with Crippen LogP contribution in [0, 0.1) is 5.82 Å². The molecule has 18 heavy (non-hydrogen) atoms. The third-order valence-corrected chi connectivity index (χ3v) is 2.93. The fraction of sp³-hybridized carbons (Fsp3) is 0.231. The minimum absolute atomic E-state index is 0.0524. The van der Waals surface area contributed by atoms with Gasteiger partial charge in [-0.3, -0.25) is 9.48 Å². The van der Waals surface area contributed by atoms with Crippen molar-refractivity contribution in [2.24, 2.45) is 0 Å². The van der Waals surface area contributed by atoms with Crippen molar-refractivity contribution in [2.45, 2.75) is 19.9 Å². The molecule has 3 nitrogen and oxygen atoms in total. The number of hydrogen-bond acceptors (Lipinski definition) is 2. The predicted molar refractivity (Wildman–Crippen MR) is 67.3 cm³/mol. The van der Waals surface area contributed by atoms with Gasteiger partial charge in [0, 0.05) is 19.2 Å². The molecule has 0 saturated carbocycles. The van der Waals surface area contributed by atoms with Crippen LogP contribution in [0.3, 0.4) is 0 Å². The van der Waals surface area contributed by atoms with Gasteiger partial charge in [0.1, 0.15) is 5.82 Å². The van der Waals surface area contributed by atoms with Gasteiger partial charge in [0.15, 0.2) is 5.78 Å². The summed E-state index contributed by atoms with van der Waals surface area (Å²) in [5, 5.41) is 4.21. The summed E-state index contributed by atoms with van der Waals surface area (Å²) < 4.78 is 15.3. The number of aryl methyl sites for hydroxylation is 1. The summed E-state index contributed by atoms with van der Waals surface area (Å²) in [4.78, 5) is 12.0. The maximum absolute atomic E-state index is 13.5. The van der Waals surface area contributed by atoms with E-state index >= 15 is 0 Å². The van der Waals surface area contributed by atoms with E-state index in [1.807, 2.05) is 6.92 Å². The molecule has 0 amide bonds. The second kappa shape index (κ2) is 5.31. The predicted octanol–water partition coefficient (Wildman–Crippen LogP) is 3.12. The number of Topliss-reactive ketones (excluding diaryl/α,β-unsaturated/α-hetero) is 1. The lowest BCUT2D eigenvalue weighted by Gasteiger charge is -2.03. The quantitative estimate of drug-likeness (QED) is 0.797. The van der Waals surface area contributed by atoms with Crippen molar-refractivity contribution in [3.63, 3.8) is 0 Å². The first-order valence-electron chi connectivity index (χ1n) is 5.60. The summed E-state index contributed by atoms with van der Waals surface area (Å²) in [7, 11) is 0. The highest BCUT2D eigenvalue weighted by molar-refractivity contribution is 6.34. The number of carbonyl (C=O) groups is 1. The average molecular weight is 267 g/mol. The number of carbonyl (C=O) groups excluding carboxylic acids is 1. The number of nitrogens with zero attached hydrogens (tertiary/aromatic N) is 2. The van der Waals surface area contributed by atoms with Gasteiger partial charge in [0.05, 0.1) is 16.8 Å². The Morgan fingerprint density at radius 2 is 2.28 bits per heavy atom. The van der Waals surface area contributed by atoms with E-state index in [2.05, 4.69) is 5.10 Å². The first-order valence-corrected chi connectivity index (χ1v) is 5.98. The molecule has 0 spiro atoms. The SMILES string of the molecule is CCn1cc(CC(=O)c2c(F)cccc2Cl)cn1. The summed E-state index contributed by atoms with van der Waals surface area (Å²) in [6.07, 6.45) is 3.48. The monoisotopic (exact) mass is 266 g/mol. The van der Waals surface area contributed by atoms with Crippen LogP contribution < -0.4 is 0 Å². The van der Waals surface area contributed by atoms with E-state index in [9.17, 15) is 9.18 Å². The summed E-state index contributed by atoms with van der Waals surface area (Å²) in [6, 6.07) is 4.21. The molecule has 0 saturated heterocycles. The highest BCUT2D eigenvalue weighted by atomic mass is 35.5. The third kappa shape index (κ3) is 2.59. The van der Waals surface area contributed by atoms with Crippen molar-refractivity contribution in [1.82, 2.24) is 9.78 Å². The summed E-state index contributed by atoms with van der Waals surface area (Å²) in [6.45, 7) is 2.68. The van der Waals surface area contributed by atoms with Crippen LogP contribution in [0.5, 0.6) is 0 Å². The van der Waals surface area contributed by atoms with Crippen LogP contribution in [0.1, 0.15) is 22.8 Å². The van der Waals surface area contributed by atoms with Crippen LogP contribution in [-0.2, 0) is 13.0 Å². The zero-order valence-electron chi connectivity index (χ0n) is 9.86. The number of halogens is 2. The number of benzene rings is 1. The van der Waals surface area contributed by atoms with Gasteiger partial charge in [0.25, 0.3) is 0 Å². The molecule has 0 fully saturated rings. The van der Waals surface area contributed by atoms with Crippen molar-refractivity contribution in [2.75, 3.05) is 0 Å². The maximum atomic E-state index is 13.5. The Bertz CT molecular complexity index is 560. The van der Waals surface area contributed by atoms with Crippen LogP contribution in [0.2, 0.25) is 5.02 Å². The fourth-order valence-corrected chi connectivity index (χ4v) is 1.98. The molecule has 1 aromatic carbocycles. The molecule has 2 aromatic rings. The first kappa shape index (κ1) is 12.8. The van der Waals surface area contributed by atoms with Crippen LogP contribution >= 0.6 is 11.6 Å². The smallest absolute Gasteiger partial charge is 0.171 e. The third-order valence-electron chi connectivity index (χ3n) is 2.62. The molecule has 1 heterocycles. The lowest BCUT2D eigenvalue weighted by atomic mass is 10.0. The van der Waals surface area contributed by atoms with E-state index < -0.39 is 5.82 Å². The molecule has 0 atom stereocenters. The molecule has 0 N–H and O–H groups in total. The second-order valence-corrected chi connectivity index (χ2v) is 4.31. The Balaban J connectivity index is 2.22. The number of ketones is 1. The van der Waals surface area contributed by atoms with E-state index in [0.717, 1.165) is 12.1 Å². The van der Waals surface area contributed by atoms with Crippen LogP contribution in [-0.4, -0.2) is 15.6 Å². The van der Waals surface area contributed by atoms with Crippen molar-refractivity contribution >= 4 is 17.4 Å². The van der Waals surface area contributed by atoms with E-state index in [1.54, 1.807) is 17.1 Å². The lowest BCUT2D eigenvalue weighted by molar-refractivity contribution is 0.0989. The Morgan fingerprint density at radius 1 is 1.50 bits per heavy atom. The standard InChI is InChI=1S/C13H12ClFN2O/c1-2-17-8-9(7-16-17)6-12(18)13-10(14)4-3-5-11(13)15/h3-5,7-8H,2,6H2,1H3. The molecule has 0 bridgehead atoms. The Morgan fingerprint density at radius 3 is 2.89 bits per heavy atom. The van der Waals surface area contributed by atoms with Gasteiger partial charge >= 0.3 is 0 Å². The summed E-state index contributed by atoms with van der Waals surface area (Å²) >= 11 is 5.84. The maximum Gasteiger partial charge on any atom is 0.171 e. The average Bonchev–Trinajstić information content (AvgIpc) is 2.76. The fourth-order valence-electron chi connectivity index (χ4n) is 1.71. The molecule has 94 valence electrons. The van der Waals surface area contributed by atoms with Crippen molar-refractivity contribution in [1.29, 1.82) is 0 Å². The second-order valence-electron chi connectivity index (χ2n) is 3.90. The summed E-state index contributed by atoms with van der Waals surface area (Å²) in [5.41, 5.74) is 0.699. The van der Waals surface area contributed by atoms with Crippen molar-refractivity contribution in [3.05, 3.63) is 52.6 Å². The van der Waals surface area contributed by atoms with Gasteiger partial charge in [0.2, 0.25) is 0 Å². The van der Waals surface area contributed by atoms with E-state index in [1.165, 1.54) is 18.2 Å². The van der Waals surface area contributed by atoms with Crippen LogP contribution in [0.4, 0.5) is 4.39 Å². The number of hydrogen-bond donors (Lipinski definition) is 0. The Hall–Kier alpha value is -1.68. The number of aromatic nitrogens is 2. The van der Waals surface area contributed by atoms with Crippen molar-refractivity contribution < 1.29 is 9.18 Å². The zero-order chi connectivity index (χ0) is 13.1. The Labute approximate surface area is 109 Å². The van der Waals surface area contributed by atoms with Gasteiger partial charge in [-0.25, -0.2) is 4.39 Å². The van der Waals surface area contributed by atoms with Gasteiger partial charge in [-0.05, 0) is 24.6 Å².